The molecule has 0 unspecified atom stereocenters. The molecule has 0 spiro atoms. The molecule has 0 radical (unpaired) electrons. The van der Waals surface area contributed by atoms with Crippen LogP contribution in [0, 0.1) is 42.4 Å². The van der Waals surface area contributed by atoms with E-state index >= 15 is 0 Å². The molecule has 7 atom stereocenters. The number of amides is 2. The van der Waals surface area contributed by atoms with Crippen LogP contribution < -0.4 is 10.4 Å². The largest absolute Gasteiger partial charge is 0.425 e. The van der Waals surface area contributed by atoms with Gasteiger partial charge in [-0.3, -0.25) is 14.5 Å². The maximum absolute atomic E-state index is 13.8. The Morgan fingerprint density at radius 3 is 2.32 bits per heavy atom. The van der Waals surface area contributed by atoms with Crippen molar-refractivity contribution in [1.82, 2.24) is 4.90 Å². The van der Waals surface area contributed by atoms with Gasteiger partial charge in [-0.2, -0.15) is 0 Å². The van der Waals surface area contributed by atoms with Gasteiger partial charge >= 0.3 is 11.6 Å². The molecule has 1 aromatic heterocycles. The summed E-state index contributed by atoms with van der Waals surface area (Å²) in [7, 11) is 0. The number of likely N-dealkylation sites (tertiary alicyclic amines) is 1. The smallest absolute Gasteiger partial charge is 0.336 e. The number of ether oxygens (including phenoxy) is 1. The second-order valence-electron chi connectivity index (χ2n) is 10.7. The van der Waals surface area contributed by atoms with Crippen molar-refractivity contribution < 1.29 is 23.5 Å². The highest BCUT2D eigenvalue weighted by atomic mass is 16.5. The summed E-state index contributed by atoms with van der Waals surface area (Å²) < 4.78 is 11.1. The third-order valence-corrected chi connectivity index (χ3v) is 8.69. The monoisotopic (exact) mass is 495 g/mol. The number of rotatable bonds is 5. The van der Waals surface area contributed by atoms with E-state index in [2.05, 4.69) is 12.2 Å². The summed E-state index contributed by atoms with van der Waals surface area (Å²) in [4.78, 5) is 54.2. The van der Waals surface area contributed by atoms with E-state index in [4.69, 9.17) is 9.15 Å². The number of imide groups is 1. The highest BCUT2D eigenvalue weighted by molar-refractivity contribution is 6.09. The molecule has 0 N–H and O–H groups in total. The van der Waals surface area contributed by atoms with Gasteiger partial charge < -0.3 is 9.15 Å². The Morgan fingerprint density at radius 1 is 0.973 bits per heavy atom. The van der Waals surface area contributed by atoms with Gasteiger partial charge in [0.05, 0.1) is 11.8 Å². The standard InChI is InChI=1S/C30H25NO6/c1-15-11-17(13-24-18(15)9-10-25(32)37-24)36-30(35)23(12-16-5-3-2-4-6-16)31-28(33)26-19-7-8-20(22-14-21(19)22)27(26)29(31)34/h2-11,13,19-23,26-27H,12,14H2,1H3/t19-,20-,21-,22+,23-,26+,27+/m0/s1. The number of carbonyl (C=O) groups is 3. The van der Waals surface area contributed by atoms with Crippen molar-refractivity contribution in [2.24, 2.45) is 35.5 Å². The molecule has 2 heterocycles. The Balaban J connectivity index is 1.24. The predicted molar refractivity (Wildman–Crippen MR) is 133 cm³/mol. The molecule has 8 rings (SSSR count). The van der Waals surface area contributed by atoms with Crippen LogP contribution >= 0.6 is 0 Å². The quantitative estimate of drug-likeness (QED) is 0.176. The van der Waals surface area contributed by atoms with Gasteiger partial charge in [0, 0.05) is 23.9 Å². The molecule has 4 aliphatic carbocycles. The van der Waals surface area contributed by atoms with E-state index in [1.807, 2.05) is 37.3 Å². The molecule has 7 nitrogen and oxygen atoms in total. The molecule has 2 aromatic carbocycles. The van der Waals surface area contributed by atoms with E-state index in [1.165, 1.54) is 17.0 Å². The second kappa shape index (κ2) is 8.00. The van der Waals surface area contributed by atoms with Crippen LogP contribution in [0.1, 0.15) is 17.5 Å². The van der Waals surface area contributed by atoms with Crippen LogP contribution in [0.25, 0.3) is 11.0 Å². The van der Waals surface area contributed by atoms with Gasteiger partial charge in [-0.05, 0) is 60.3 Å². The Hall–Kier alpha value is -4.00. The zero-order chi connectivity index (χ0) is 25.4. The molecule has 37 heavy (non-hydrogen) atoms. The summed E-state index contributed by atoms with van der Waals surface area (Å²) in [6.07, 6.45) is 5.46. The summed E-state index contributed by atoms with van der Waals surface area (Å²) in [5.74, 6) is -0.721. The molecular weight excluding hydrogens is 470 g/mol. The average molecular weight is 496 g/mol. The minimum Gasteiger partial charge on any atom is -0.425 e. The van der Waals surface area contributed by atoms with Gasteiger partial charge in [-0.1, -0.05) is 42.5 Å². The first-order valence-corrected chi connectivity index (χ1v) is 12.8. The first-order valence-electron chi connectivity index (χ1n) is 12.8. The molecule has 3 aromatic rings. The maximum atomic E-state index is 13.8. The highest BCUT2D eigenvalue weighted by Gasteiger charge is 2.68. The molecule has 186 valence electrons. The lowest BCUT2D eigenvalue weighted by atomic mass is 9.63. The topological polar surface area (TPSA) is 93.9 Å². The minimum atomic E-state index is -1.09. The predicted octanol–water partition coefficient (Wildman–Crippen LogP) is 3.67. The van der Waals surface area contributed by atoms with Crippen LogP contribution in [0.4, 0.5) is 0 Å². The summed E-state index contributed by atoms with van der Waals surface area (Å²) in [6, 6.07) is 14.4. The number of esters is 1. The van der Waals surface area contributed by atoms with Crippen molar-refractivity contribution in [3.05, 3.63) is 88.3 Å². The fourth-order valence-corrected chi connectivity index (χ4v) is 6.97. The third kappa shape index (κ3) is 3.40. The number of allylic oxidation sites excluding steroid dienone is 2. The van der Waals surface area contributed by atoms with E-state index < -0.39 is 29.5 Å². The van der Waals surface area contributed by atoms with Crippen molar-refractivity contribution in [3.63, 3.8) is 0 Å². The fourth-order valence-electron chi connectivity index (χ4n) is 6.97. The van der Waals surface area contributed by atoms with Crippen LogP contribution in [0.15, 0.2) is 76.0 Å². The fraction of sp³-hybridized carbons (Fsp3) is 0.333. The van der Waals surface area contributed by atoms with Crippen molar-refractivity contribution in [2.75, 3.05) is 0 Å². The molecule has 3 fully saturated rings. The number of nitrogens with zero attached hydrogens (tertiary/aromatic N) is 1. The lowest BCUT2D eigenvalue weighted by molar-refractivity contribution is -0.153. The summed E-state index contributed by atoms with van der Waals surface area (Å²) in [5, 5.41) is 0.732. The third-order valence-electron chi connectivity index (χ3n) is 8.69. The summed E-state index contributed by atoms with van der Waals surface area (Å²) in [5.41, 5.74) is 1.39. The molecule has 5 aliphatic rings. The van der Waals surface area contributed by atoms with Gasteiger partial charge in [0.15, 0.2) is 0 Å². The van der Waals surface area contributed by atoms with Crippen molar-refractivity contribution >= 4 is 28.8 Å². The van der Waals surface area contributed by atoms with Gasteiger partial charge in [0.2, 0.25) is 11.8 Å². The number of hydrogen-bond acceptors (Lipinski definition) is 6. The van der Waals surface area contributed by atoms with Gasteiger partial charge in [-0.15, -0.1) is 0 Å². The molecule has 2 amide bonds. The van der Waals surface area contributed by atoms with E-state index in [1.54, 1.807) is 12.1 Å². The van der Waals surface area contributed by atoms with Crippen LogP contribution in [-0.4, -0.2) is 28.7 Å². The van der Waals surface area contributed by atoms with Crippen LogP contribution in [-0.2, 0) is 20.8 Å². The minimum absolute atomic E-state index is 0.0703. The zero-order valence-electron chi connectivity index (χ0n) is 20.2. The zero-order valence-corrected chi connectivity index (χ0v) is 20.2. The van der Waals surface area contributed by atoms with Crippen molar-refractivity contribution in [3.8, 4) is 5.75 Å². The van der Waals surface area contributed by atoms with Gasteiger partial charge in [0.25, 0.3) is 0 Å². The number of carbonyl (C=O) groups excluding carboxylic acids is 3. The van der Waals surface area contributed by atoms with E-state index in [0.717, 1.165) is 22.9 Å². The Labute approximate surface area is 212 Å². The van der Waals surface area contributed by atoms with Gasteiger partial charge in [-0.25, -0.2) is 9.59 Å². The number of aryl methyl sites for hydroxylation is 1. The Kier molecular flexibility index (Phi) is 4.80. The number of hydrogen-bond donors (Lipinski definition) is 0. The van der Waals surface area contributed by atoms with Crippen LogP contribution in [0.3, 0.4) is 0 Å². The highest BCUT2D eigenvalue weighted by Crippen LogP contribution is 2.65. The average Bonchev–Trinajstić information content (AvgIpc) is 3.66. The van der Waals surface area contributed by atoms with E-state index in [0.29, 0.717) is 17.4 Å². The first kappa shape index (κ1) is 22.2. The number of benzene rings is 2. The van der Waals surface area contributed by atoms with E-state index in [-0.39, 0.29) is 35.8 Å². The Bertz CT molecular complexity index is 1520. The summed E-state index contributed by atoms with van der Waals surface area (Å²) >= 11 is 0. The molecule has 7 heteroatoms. The number of fused-ring (bicyclic) bond motifs is 1. The first-order chi connectivity index (χ1) is 17.9. The molecule has 1 aliphatic heterocycles. The SMILES string of the molecule is Cc1cc(OC(=O)[C@H](Cc2ccccc2)N2C(=O)[C@@H]3[C@H]4C=C[C@@H]([C@@H]5C[C@H]45)[C@H]3C2=O)cc2oc(=O)ccc12. The summed E-state index contributed by atoms with van der Waals surface area (Å²) in [6.45, 7) is 1.83. The van der Waals surface area contributed by atoms with Gasteiger partial charge in [0.1, 0.15) is 17.4 Å². The normalized spacial score (nSPS) is 29.8. The Morgan fingerprint density at radius 2 is 1.65 bits per heavy atom. The maximum Gasteiger partial charge on any atom is 0.336 e. The molecule has 2 saturated carbocycles. The molecule has 1 saturated heterocycles. The van der Waals surface area contributed by atoms with Crippen molar-refractivity contribution in [1.29, 1.82) is 0 Å². The lowest BCUT2D eigenvalue weighted by Crippen LogP contribution is -2.48. The molecule has 2 bridgehead atoms. The lowest BCUT2D eigenvalue weighted by Gasteiger charge is -2.37. The van der Waals surface area contributed by atoms with E-state index in [9.17, 15) is 19.2 Å². The van der Waals surface area contributed by atoms with Crippen molar-refractivity contribution in [2.45, 2.75) is 25.8 Å². The van der Waals surface area contributed by atoms with Crippen LogP contribution in [0.2, 0.25) is 0 Å². The van der Waals surface area contributed by atoms with Crippen LogP contribution in [0.5, 0.6) is 5.75 Å². The molecular formula is C30H25NO6. The second-order valence-corrected chi connectivity index (χ2v) is 10.7.